The lowest BCUT2D eigenvalue weighted by molar-refractivity contribution is -0.159. The lowest BCUT2D eigenvalue weighted by Crippen LogP contribution is -2.64. The van der Waals surface area contributed by atoms with Crippen molar-refractivity contribution < 1.29 is 23.8 Å². The lowest BCUT2D eigenvalue weighted by Gasteiger charge is -2.46. The van der Waals surface area contributed by atoms with Gasteiger partial charge in [-0.1, -0.05) is 0 Å². The summed E-state index contributed by atoms with van der Waals surface area (Å²) in [5.74, 6) is -1.41. The van der Waals surface area contributed by atoms with E-state index in [0.29, 0.717) is 22.3 Å². The number of carboxylic acids is 1. The van der Waals surface area contributed by atoms with E-state index in [-0.39, 0.29) is 18.5 Å². The SMILES string of the molecule is CC1(OCC(=O)O)CN(C(=O)Nc2ccc(F)cc2I)C1. The van der Waals surface area contributed by atoms with Crippen LogP contribution in [0.3, 0.4) is 0 Å². The van der Waals surface area contributed by atoms with E-state index in [1.54, 1.807) is 6.92 Å². The van der Waals surface area contributed by atoms with Gasteiger partial charge in [-0.2, -0.15) is 0 Å². The molecule has 2 amide bonds. The van der Waals surface area contributed by atoms with E-state index in [9.17, 15) is 14.0 Å². The van der Waals surface area contributed by atoms with Crippen LogP contribution in [-0.2, 0) is 9.53 Å². The van der Waals surface area contributed by atoms with Gasteiger partial charge in [0.15, 0.2) is 0 Å². The van der Waals surface area contributed by atoms with Crippen molar-refractivity contribution in [1.29, 1.82) is 0 Å². The van der Waals surface area contributed by atoms with Crippen molar-refractivity contribution in [3.8, 4) is 0 Å². The maximum Gasteiger partial charge on any atom is 0.329 e. The number of nitrogens with one attached hydrogen (secondary N) is 1. The number of aliphatic carboxylic acids is 1. The Bertz CT molecular complexity index is 575. The molecule has 0 unspecified atom stereocenters. The minimum absolute atomic E-state index is 0.309. The summed E-state index contributed by atoms with van der Waals surface area (Å²) >= 11 is 1.94. The van der Waals surface area contributed by atoms with Crippen LogP contribution in [0.25, 0.3) is 0 Å². The van der Waals surface area contributed by atoms with E-state index in [2.05, 4.69) is 5.32 Å². The molecular weight excluding hydrogens is 394 g/mol. The fraction of sp³-hybridized carbons (Fsp3) is 0.385. The Labute approximate surface area is 134 Å². The molecule has 21 heavy (non-hydrogen) atoms. The maximum atomic E-state index is 13.0. The van der Waals surface area contributed by atoms with Crippen molar-refractivity contribution in [3.05, 3.63) is 27.6 Å². The maximum absolute atomic E-state index is 13.0. The van der Waals surface area contributed by atoms with Gasteiger partial charge >= 0.3 is 12.0 Å². The number of anilines is 1. The topological polar surface area (TPSA) is 78.9 Å². The van der Waals surface area contributed by atoms with Gasteiger partial charge in [-0.3, -0.25) is 0 Å². The van der Waals surface area contributed by atoms with Crippen molar-refractivity contribution >= 4 is 40.3 Å². The number of hydrogen-bond acceptors (Lipinski definition) is 3. The monoisotopic (exact) mass is 408 g/mol. The first-order chi connectivity index (χ1) is 9.79. The van der Waals surface area contributed by atoms with Crippen LogP contribution in [0.4, 0.5) is 14.9 Å². The Morgan fingerprint density at radius 1 is 1.52 bits per heavy atom. The molecular formula is C13H14FIN2O4. The number of hydrogen-bond donors (Lipinski definition) is 2. The Balaban J connectivity index is 1.87. The number of nitrogens with zero attached hydrogens (tertiary/aromatic N) is 1. The van der Waals surface area contributed by atoms with Gasteiger partial charge < -0.3 is 20.1 Å². The standard InChI is InChI=1S/C13H14FIN2O4/c1-13(21-5-11(18)19)6-17(7-13)12(20)16-10-3-2-8(14)4-9(10)15/h2-4H,5-7H2,1H3,(H,16,20)(H,18,19). The van der Waals surface area contributed by atoms with Gasteiger partial charge in [-0.15, -0.1) is 0 Å². The molecule has 1 aliphatic heterocycles. The quantitative estimate of drug-likeness (QED) is 0.749. The average Bonchev–Trinajstić information content (AvgIpc) is 2.36. The van der Waals surface area contributed by atoms with Crippen LogP contribution in [0, 0.1) is 9.39 Å². The highest BCUT2D eigenvalue weighted by atomic mass is 127. The molecule has 1 saturated heterocycles. The van der Waals surface area contributed by atoms with Gasteiger partial charge in [0.1, 0.15) is 18.0 Å². The van der Waals surface area contributed by atoms with Crippen molar-refractivity contribution in [2.24, 2.45) is 0 Å². The summed E-state index contributed by atoms with van der Waals surface area (Å²) in [7, 11) is 0. The van der Waals surface area contributed by atoms with Crippen LogP contribution >= 0.6 is 22.6 Å². The van der Waals surface area contributed by atoms with E-state index < -0.39 is 11.6 Å². The second-order valence-electron chi connectivity index (χ2n) is 5.04. The summed E-state index contributed by atoms with van der Waals surface area (Å²) in [6.07, 6.45) is 0. The Morgan fingerprint density at radius 3 is 2.76 bits per heavy atom. The van der Waals surface area contributed by atoms with Crippen molar-refractivity contribution in [1.82, 2.24) is 4.90 Å². The predicted molar refractivity (Wildman–Crippen MR) is 81.7 cm³/mol. The number of likely N-dealkylation sites (tertiary alicyclic amines) is 1. The number of carboxylic acid groups (broad SMARTS) is 1. The molecule has 6 nitrogen and oxygen atoms in total. The number of amides is 2. The molecule has 114 valence electrons. The highest BCUT2D eigenvalue weighted by molar-refractivity contribution is 14.1. The number of rotatable bonds is 4. The number of benzene rings is 1. The molecule has 8 heteroatoms. The average molecular weight is 408 g/mol. The van der Waals surface area contributed by atoms with E-state index in [1.807, 2.05) is 22.6 Å². The molecule has 1 aromatic carbocycles. The first-order valence-electron chi connectivity index (χ1n) is 6.16. The zero-order valence-corrected chi connectivity index (χ0v) is 13.4. The number of carbonyl (C=O) groups excluding carboxylic acids is 1. The summed E-state index contributed by atoms with van der Waals surface area (Å²) in [6, 6.07) is 3.77. The van der Waals surface area contributed by atoms with Crippen molar-refractivity contribution in [2.45, 2.75) is 12.5 Å². The van der Waals surface area contributed by atoms with Gasteiger partial charge in [0.05, 0.1) is 18.8 Å². The normalized spacial score (nSPS) is 16.2. The fourth-order valence-corrected chi connectivity index (χ4v) is 2.63. The van der Waals surface area contributed by atoms with E-state index in [1.165, 1.54) is 23.1 Å². The minimum Gasteiger partial charge on any atom is -0.480 e. The highest BCUT2D eigenvalue weighted by Gasteiger charge is 2.42. The molecule has 0 atom stereocenters. The highest BCUT2D eigenvalue weighted by Crippen LogP contribution is 2.26. The Hall–Kier alpha value is -1.42. The second-order valence-corrected chi connectivity index (χ2v) is 6.20. The molecule has 2 rings (SSSR count). The molecule has 1 aliphatic rings. The number of halogens is 2. The molecule has 0 spiro atoms. The predicted octanol–water partition coefficient (Wildman–Crippen LogP) is 2.14. The second kappa shape index (κ2) is 6.14. The zero-order chi connectivity index (χ0) is 15.6. The van der Waals surface area contributed by atoms with Crippen molar-refractivity contribution in [3.63, 3.8) is 0 Å². The van der Waals surface area contributed by atoms with Crippen molar-refractivity contribution in [2.75, 3.05) is 25.0 Å². The molecule has 1 fully saturated rings. The molecule has 1 aromatic rings. The van der Waals surface area contributed by atoms with Gasteiger partial charge in [0.2, 0.25) is 0 Å². The van der Waals surface area contributed by atoms with E-state index in [4.69, 9.17) is 9.84 Å². The molecule has 0 bridgehead atoms. The smallest absolute Gasteiger partial charge is 0.329 e. The van der Waals surface area contributed by atoms with Crippen LogP contribution in [0.1, 0.15) is 6.92 Å². The number of ether oxygens (including phenoxy) is 1. The third-order valence-electron chi connectivity index (χ3n) is 3.05. The van der Waals surface area contributed by atoms with Crippen LogP contribution in [0.15, 0.2) is 18.2 Å². The minimum atomic E-state index is -1.04. The molecule has 2 N–H and O–H groups in total. The van der Waals surface area contributed by atoms with Crippen LogP contribution in [-0.4, -0.2) is 47.3 Å². The molecule has 0 saturated carbocycles. The summed E-state index contributed by atoms with van der Waals surface area (Å²) in [5, 5.41) is 11.3. The summed E-state index contributed by atoms with van der Waals surface area (Å²) < 4.78 is 18.8. The van der Waals surface area contributed by atoms with Crippen LogP contribution in [0.5, 0.6) is 0 Å². The summed E-state index contributed by atoms with van der Waals surface area (Å²) in [5.41, 5.74) is -0.104. The zero-order valence-electron chi connectivity index (χ0n) is 11.2. The number of carbonyl (C=O) groups is 2. The lowest BCUT2D eigenvalue weighted by atomic mass is 9.97. The number of urea groups is 1. The third-order valence-corrected chi connectivity index (χ3v) is 3.95. The molecule has 0 radical (unpaired) electrons. The van der Waals surface area contributed by atoms with Gasteiger partial charge in [-0.05, 0) is 47.7 Å². The van der Waals surface area contributed by atoms with Crippen LogP contribution in [0.2, 0.25) is 0 Å². The summed E-state index contributed by atoms with van der Waals surface area (Å²) in [4.78, 5) is 24.0. The molecule has 1 heterocycles. The fourth-order valence-electron chi connectivity index (χ4n) is 2.02. The van der Waals surface area contributed by atoms with E-state index >= 15 is 0 Å². The van der Waals surface area contributed by atoms with E-state index in [0.717, 1.165) is 0 Å². The van der Waals surface area contributed by atoms with Gasteiger partial charge in [0, 0.05) is 3.57 Å². The first kappa shape index (κ1) is 16.0. The Morgan fingerprint density at radius 2 is 2.19 bits per heavy atom. The molecule has 0 aliphatic carbocycles. The van der Waals surface area contributed by atoms with Crippen LogP contribution < -0.4 is 5.32 Å². The van der Waals surface area contributed by atoms with Gasteiger partial charge in [-0.25, -0.2) is 14.0 Å². The first-order valence-corrected chi connectivity index (χ1v) is 7.24. The van der Waals surface area contributed by atoms with Gasteiger partial charge in [0.25, 0.3) is 0 Å². The third kappa shape index (κ3) is 4.03. The Kier molecular flexibility index (Phi) is 4.67. The largest absolute Gasteiger partial charge is 0.480 e. The molecule has 0 aromatic heterocycles. The summed E-state index contributed by atoms with van der Waals surface area (Å²) in [6.45, 7) is 1.98.